The molecule has 0 saturated heterocycles. The van der Waals surface area contributed by atoms with Gasteiger partial charge in [0.05, 0.1) is 0 Å². The number of rotatable bonds is 14. The van der Waals surface area contributed by atoms with Crippen molar-refractivity contribution in [3.05, 3.63) is 72.9 Å². The first-order chi connectivity index (χ1) is 11.8. The van der Waals surface area contributed by atoms with Crippen LogP contribution in [0.15, 0.2) is 72.9 Å². The summed E-state index contributed by atoms with van der Waals surface area (Å²) in [6.45, 7) is 2.15. The molecule has 0 amide bonds. The van der Waals surface area contributed by atoms with Crippen LogP contribution >= 0.6 is 0 Å². The van der Waals surface area contributed by atoms with Gasteiger partial charge in [-0.05, 0) is 44.9 Å². The zero-order valence-electron chi connectivity index (χ0n) is 14.9. The minimum absolute atomic E-state index is 0.209. The standard InChI is InChI=1S/C22H32O2/c1-2-3-4-5-6-7-8-9-10-11-12-13-14-15-16-17-18-19-20-21-22(23)24/h3-4,6-7,10-13,15-16,18-19H,2,5,8-9,14,17,20-21H2,1H3,(H,23,24)/b4-3-,7-6-,11-10-,13-12-,16-15-,19-18-. The molecule has 0 fully saturated rings. The van der Waals surface area contributed by atoms with Crippen molar-refractivity contribution >= 4 is 5.97 Å². The van der Waals surface area contributed by atoms with Crippen LogP contribution in [0, 0.1) is 0 Å². The fourth-order valence-corrected chi connectivity index (χ4v) is 1.85. The molecule has 0 aliphatic rings. The molecule has 2 heteroatoms. The molecular weight excluding hydrogens is 296 g/mol. The molecule has 0 aromatic carbocycles. The van der Waals surface area contributed by atoms with Gasteiger partial charge in [-0.1, -0.05) is 79.8 Å². The van der Waals surface area contributed by atoms with Crippen LogP contribution in [-0.4, -0.2) is 11.1 Å². The van der Waals surface area contributed by atoms with E-state index in [0.717, 1.165) is 38.5 Å². The third-order valence-electron chi connectivity index (χ3n) is 3.13. The molecule has 0 aromatic rings. The monoisotopic (exact) mass is 328 g/mol. The fourth-order valence-electron chi connectivity index (χ4n) is 1.85. The lowest BCUT2D eigenvalue weighted by Gasteiger charge is -1.87. The van der Waals surface area contributed by atoms with Crippen molar-refractivity contribution < 1.29 is 9.90 Å². The number of allylic oxidation sites excluding steroid dienone is 12. The summed E-state index contributed by atoms with van der Waals surface area (Å²) in [5.74, 6) is -0.742. The maximum absolute atomic E-state index is 10.3. The van der Waals surface area contributed by atoms with Crippen LogP contribution in [-0.2, 0) is 4.79 Å². The first-order valence-electron chi connectivity index (χ1n) is 8.90. The van der Waals surface area contributed by atoms with E-state index in [0.29, 0.717) is 6.42 Å². The van der Waals surface area contributed by atoms with Gasteiger partial charge in [-0.15, -0.1) is 0 Å². The summed E-state index contributed by atoms with van der Waals surface area (Å²) in [5, 5.41) is 8.49. The molecule has 0 spiro atoms. The molecule has 2 nitrogen and oxygen atoms in total. The second-order valence-corrected chi connectivity index (χ2v) is 5.37. The van der Waals surface area contributed by atoms with Crippen LogP contribution in [0.25, 0.3) is 0 Å². The van der Waals surface area contributed by atoms with E-state index in [-0.39, 0.29) is 6.42 Å². The lowest BCUT2D eigenvalue weighted by Crippen LogP contribution is -1.91. The minimum Gasteiger partial charge on any atom is -0.481 e. The van der Waals surface area contributed by atoms with Crippen LogP contribution < -0.4 is 0 Å². The van der Waals surface area contributed by atoms with Gasteiger partial charge in [0.1, 0.15) is 0 Å². The zero-order chi connectivity index (χ0) is 17.7. The van der Waals surface area contributed by atoms with E-state index in [2.05, 4.69) is 67.7 Å². The Morgan fingerprint density at radius 3 is 1.83 bits per heavy atom. The van der Waals surface area contributed by atoms with E-state index >= 15 is 0 Å². The lowest BCUT2D eigenvalue weighted by molar-refractivity contribution is -0.136. The summed E-state index contributed by atoms with van der Waals surface area (Å²) in [5.41, 5.74) is 0. The third-order valence-corrected chi connectivity index (χ3v) is 3.13. The van der Waals surface area contributed by atoms with Gasteiger partial charge in [-0.25, -0.2) is 0 Å². The van der Waals surface area contributed by atoms with Gasteiger partial charge in [0, 0.05) is 6.42 Å². The van der Waals surface area contributed by atoms with Crippen molar-refractivity contribution in [2.45, 2.75) is 58.3 Å². The third kappa shape index (κ3) is 19.9. The van der Waals surface area contributed by atoms with Crippen LogP contribution in [0.5, 0.6) is 0 Å². The van der Waals surface area contributed by atoms with Gasteiger partial charge in [0.15, 0.2) is 0 Å². The maximum atomic E-state index is 10.3. The van der Waals surface area contributed by atoms with Gasteiger partial charge in [-0.3, -0.25) is 4.79 Å². The molecule has 0 atom stereocenters. The fraction of sp³-hybridized carbons (Fsp3) is 0.409. The van der Waals surface area contributed by atoms with Gasteiger partial charge in [-0.2, -0.15) is 0 Å². The number of hydrogen-bond donors (Lipinski definition) is 1. The largest absolute Gasteiger partial charge is 0.481 e. The molecule has 0 heterocycles. The van der Waals surface area contributed by atoms with E-state index in [1.165, 1.54) is 0 Å². The minimum atomic E-state index is -0.742. The smallest absolute Gasteiger partial charge is 0.303 e. The van der Waals surface area contributed by atoms with E-state index in [9.17, 15) is 4.79 Å². The number of carboxylic acids is 1. The van der Waals surface area contributed by atoms with Gasteiger partial charge in [0.2, 0.25) is 0 Å². The number of aliphatic carboxylic acids is 1. The van der Waals surface area contributed by atoms with Crippen molar-refractivity contribution in [3.63, 3.8) is 0 Å². The van der Waals surface area contributed by atoms with Gasteiger partial charge in [0.25, 0.3) is 0 Å². The summed E-state index contributed by atoms with van der Waals surface area (Å²) in [4.78, 5) is 10.3. The first kappa shape index (κ1) is 21.9. The highest BCUT2D eigenvalue weighted by Gasteiger charge is 1.90. The average Bonchev–Trinajstić information content (AvgIpc) is 2.56. The van der Waals surface area contributed by atoms with Crippen molar-refractivity contribution in [1.82, 2.24) is 0 Å². The molecule has 0 unspecified atom stereocenters. The van der Waals surface area contributed by atoms with Crippen LogP contribution in [0.1, 0.15) is 58.3 Å². The quantitative estimate of drug-likeness (QED) is 0.223. The Morgan fingerprint density at radius 2 is 1.17 bits per heavy atom. The van der Waals surface area contributed by atoms with E-state index in [4.69, 9.17) is 5.11 Å². The summed E-state index contributed by atoms with van der Waals surface area (Å²) in [6, 6.07) is 0. The molecule has 132 valence electrons. The highest BCUT2D eigenvalue weighted by molar-refractivity contribution is 5.66. The second-order valence-electron chi connectivity index (χ2n) is 5.37. The van der Waals surface area contributed by atoms with E-state index in [1.54, 1.807) is 0 Å². The summed E-state index contributed by atoms with van der Waals surface area (Å²) in [7, 11) is 0. The Bertz CT molecular complexity index is 462. The van der Waals surface area contributed by atoms with Crippen LogP contribution in [0.4, 0.5) is 0 Å². The topological polar surface area (TPSA) is 37.3 Å². The Kier molecular flexibility index (Phi) is 17.3. The normalized spacial score (nSPS) is 13.0. The van der Waals surface area contributed by atoms with E-state index < -0.39 is 5.97 Å². The SMILES string of the molecule is CC/C=C\C/C=C\CC/C=C\C=C/C/C=C\C/C=C\CCC(=O)O. The number of carboxylic acid groups (broad SMARTS) is 1. The first-order valence-corrected chi connectivity index (χ1v) is 8.90. The molecule has 0 saturated carbocycles. The van der Waals surface area contributed by atoms with Crippen LogP contribution in [0.2, 0.25) is 0 Å². The number of carbonyl (C=O) groups is 1. The second kappa shape index (κ2) is 19.0. The Morgan fingerprint density at radius 1 is 0.667 bits per heavy atom. The predicted molar refractivity (Wildman–Crippen MR) is 105 cm³/mol. The molecule has 1 N–H and O–H groups in total. The highest BCUT2D eigenvalue weighted by atomic mass is 16.4. The van der Waals surface area contributed by atoms with Crippen molar-refractivity contribution in [1.29, 1.82) is 0 Å². The Hall–Kier alpha value is -2.09. The summed E-state index contributed by atoms with van der Waals surface area (Å²) < 4.78 is 0. The Balaban J connectivity index is 3.52. The van der Waals surface area contributed by atoms with Gasteiger partial charge < -0.3 is 5.11 Å². The molecular formula is C22H32O2. The molecule has 0 rings (SSSR count). The number of hydrogen-bond acceptors (Lipinski definition) is 1. The lowest BCUT2D eigenvalue weighted by atomic mass is 10.2. The average molecular weight is 328 g/mol. The van der Waals surface area contributed by atoms with Crippen molar-refractivity contribution in [2.75, 3.05) is 0 Å². The van der Waals surface area contributed by atoms with Gasteiger partial charge >= 0.3 is 5.97 Å². The summed E-state index contributed by atoms with van der Waals surface area (Å²) in [6.07, 6.45) is 32.5. The Labute approximate surface area is 147 Å². The van der Waals surface area contributed by atoms with E-state index in [1.807, 2.05) is 12.2 Å². The van der Waals surface area contributed by atoms with Crippen LogP contribution in [0.3, 0.4) is 0 Å². The molecule has 0 aromatic heterocycles. The zero-order valence-corrected chi connectivity index (χ0v) is 14.9. The maximum Gasteiger partial charge on any atom is 0.303 e. The highest BCUT2D eigenvalue weighted by Crippen LogP contribution is 1.97. The summed E-state index contributed by atoms with van der Waals surface area (Å²) >= 11 is 0. The predicted octanol–water partition coefficient (Wildman–Crippen LogP) is 6.55. The molecule has 0 bridgehead atoms. The molecule has 0 aliphatic carbocycles. The molecule has 24 heavy (non-hydrogen) atoms. The van der Waals surface area contributed by atoms with Crippen molar-refractivity contribution in [2.24, 2.45) is 0 Å². The number of unbranched alkanes of at least 4 members (excludes halogenated alkanes) is 1. The van der Waals surface area contributed by atoms with Crippen molar-refractivity contribution in [3.8, 4) is 0 Å². The molecule has 0 radical (unpaired) electrons. The molecule has 0 aliphatic heterocycles.